The molecule has 0 saturated heterocycles. The van der Waals surface area contributed by atoms with E-state index in [1.165, 1.54) is 54.2 Å². The molecule has 0 nitrogen and oxygen atoms in total. The van der Waals surface area contributed by atoms with Crippen LogP contribution >= 0.6 is 11.8 Å². The van der Waals surface area contributed by atoms with E-state index in [9.17, 15) is 0 Å². The van der Waals surface area contributed by atoms with Gasteiger partial charge in [0.1, 0.15) is 0 Å². The maximum Gasteiger partial charge on any atom is 0.0200 e. The highest BCUT2D eigenvalue weighted by Gasteiger charge is 2.27. The Kier molecular flexibility index (Phi) is 9.01. The number of aryl methyl sites for hydroxylation is 2. The molecule has 0 spiro atoms. The molecule has 0 aliphatic carbocycles. The molecule has 48 heavy (non-hydrogen) atoms. The smallest absolute Gasteiger partial charge is 0.0200 e. The molecule has 0 saturated carbocycles. The first-order chi connectivity index (χ1) is 23.2. The third-order valence-corrected chi connectivity index (χ3v) is 11.0. The summed E-state index contributed by atoms with van der Waals surface area (Å²) in [6.45, 7) is 33.0. The summed E-state index contributed by atoms with van der Waals surface area (Å²) in [5.41, 5.74) is 18.4. The van der Waals surface area contributed by atoms with E-state index in [0.29, 0.717) is 0 Å². The van der Waals surface area contributed by atoms with Gasteiger partial charge < -0.3 is 0 Å². The summed E-state index contributed by atoms with van der Waals surface area (Å²) < 4.78 is 0. The summed E-state index contributed by atoms with van der Waals surface area (Å²) in [7, 11) is 0. The van der Waals surface area contributed by atoms with Crippen LogP contribution in [0.5, 0.6) is 0 Å². The Bertz CT molecular complexity index is 2270. The quantitative estimate of drug-likeness (QED) is 0.171. The molecule has 1 heterocycles. The van der Waals surface area contributed by atoms with Gasteiger partial charge in [-0.05, 0) is 145 Å². The van der Waals surface area contributed by atoms with Gasteiger partial charge in [0.15, 0.2) is 0 Å². The molecule has 1 heteroatoms. The fourth-order valence-electron chi connectivity index (χ4n) is 7.20. The van der Waals surface area contributed by atoms with Crippen molar-refractivity contribution in [3.63, 3.8) is 0 Å². The van der Waals surface area contributed by atoms with Gasteiger partial charge in [-0.2, -0.15) is 0 Å². The van der Waals surface area contributed by atoms with Crippen molar-refractivity contribution in [2.45, 2.75) is 39.5 Å². The molecule has 5 aromatic carbocycles. The Hall–Kier alpha value is -5.11. The molecule has 1 aliphatic rings. The number of benzene rings is 5. The average molecular weight is 639 g/mol. The molecule has 5 aromatic rings. The van der Waals surface area contributed by atoms with Crippen molar-refractivity contribution in [3.05, 3.63) is 172 Å². The van der Waals surface area contributed by atoms with E-state index in [2.05, 4.69) is 140 Å². The standard InChI is InChI=1S/C47H42S/c1-11-35-36(12-2)42(25-24-39(35)34-20-16-15-17-21-34)46-37(13-3)38(14-4)47(41-23-19-18-22-40(41)46)45-32(9)30(7)31(8)43-26-28(5)29(6)27-44(43)48-33(45)10/h11-27H,1-4,8H2,5-7,9-10H3/b32-30-,45-33+. The minimum absolute atomic E-state index is 1.05. The Morgan fingerprint density at radius 1 is 0.521 bits per heavy atom. The first-order valence-electron chi connectivity index (χ1n) is 16.4. The molecule has 0 atom stereocenters. The fraction of sp³-hybridized carbons (Fsp3) is 0.106. The van der Waals surface area contributed by atoms with Crippen LogP contribution in [-0.2, 0) is 0 Å². The second-order valence-corrected chi connectivity index (χ2v) is 13.7. The van der Waals surface area contributed by atoms with E-state index < -0.39 is 0 Å². The zero-order valence-electron chi connectivity index (χ0n) is 28.8. The molecule has 236 valence electrons. The number of rotatable bonds is 7. The van der Waals surface area contributed by atoms with E-state index in [-0.39, 0.29) is 0 Å². The highest BCUT2D eigenvalue weighted by molar-refractivity contribution is 8.03. The first-order valence-corrected chi connectivity index (χ1v) is 17.2. The third-order valence-electron chi connectivity index (χ3n) is 9.93. The molecular weight excluding hydrogens is 597 g/mol. The zero-order valence-corrected chi connectivity index (χ0v) is 29.6. The fourth-order valence-corrected chi connectivity index (χ4v) is 8.41. The van der Waals surface area contributed by atoms with Gasteiger partial charge in [-0.1, -0.05) is 142 Å². The van der Waals surface area contributed by atoms with E-state index in [1.54, 1.807) is 0 Å². The predicted molar refractivity (Wildman–Crippen MR) is 217 cm³/mol. The number of allylic oxidation sites excluding steroid dienone is 5. The summed E-state index contributed by atoms with van der Waals surface area (Å²) >= 11 is 1.83. The van der Waals surface area contributed by atoms with Crippen molar-refractivity contribution in [3.8, 4) is 22.3 Å². The van der Waals surface area contributed by atoms with E-state index in [4.69, 9.17) is 0 Å². The van der Waals surface area contributed by atoms with Gasteiger partial charge in [0.25, 0.3) is 0 Å². The van der Waals surface area contributed by atoms with Crippen molar-refractivity contribution < 1.29 is 0 Å². The number of fused-ring (bicyclic) bond motifs is 2. The van der Waals surface area contributed by atoms with Gasteiger partial charge in [0.05, 0.1) is 0 Å². The molecule has 0 aromatic heterocycles. The van der Waals surface area contributed by atoms with Crippen LogP contribution in [0.4, 0.5) is 0 Å². The van der Waals surface area contributed by atoms with Crippen LogP contribution < -0.4 is 0 Å². The molecule has 1 aliphatic heterocycles. The van der Waals surface area contributed by atoms with Gasteiger partial charge in [-0.25, -0.2) is 0 Å². The van der Waals surface area contributed by atoms with Crippen LogP contribution in [0, 0.1) is 13.8 Å². The minimum atomic E-state index is 1.05. The normalized spacial score (nSPS) is 16.2. The Morgan fingerprint density at radius 3 is 1.67 bits per heavy atom. The Labute approximate surface area is 291 Å². The molecule has 0 N–H and O–H groups in total. The highest BCUT2D eigenvalue weighted by atomic mass is 32.2. The maximum atomic E-state index is 4.62. The number of hydrogen-bond donors (Lipinski definition) is 0. The Balaban J connectivity index is 1.72. The maximum absolute atomic E-state index is 4.62. The zero-order chi connectivity index (χ0) is 34.3. The molecular formula is C47H42S. The van der Waals surface area contributed by atoms with E-state index in [0.717, 1.165) is 55.5 Å². The molecule has 0 radical (unpaired) electrons. The average Bonchev–Trinajstić information content (AvgIpc) is 3.11. The Morgan fingerprint density at radius 2 is 1.04 bits per heavy atom. The van der Waals surface area contributed by atoms with Gasteiger partial charge in [0.2, 0.25) is 0 Å². The molecule has 0 amide bonds. The summed E-state index contributed by atoms with van der Waals surface area (Å²) in [5, 5.41) is 2.32. The lowest BCUT2D eigenvalue weighted by Crippen LogP contribution is -2.05. The van der Waals surface area contributed by atoms with Gasteiger partial charge >= 0.3 is 0 Å². The molecule has 0 unspecified atom stereocenters. The second kappa shape index (κ2) is 13.2. The van der Waals surface area contributed by atoms with E-state index >= 15 is 0 Å². The van der Waals surface area contributed by atoms with Gasteiger partial charge in [0, 0.05) is 4.90 Å². The first kappa shape index (κ1) is 32.8. The van der Waals surface area contributed by atoms with Crippen molar-refractivity contribution in [1.82, 2.24) is 0 Å². The van der Waals surface area contributed by atoms with Crippen LogP contribution in [0.25, 0.3) is 68.5 Å². The molecule has 0 bridgehead atoms. The SMILES string of the molecule is C=Cc1c(-c2ccccc2)ccc(-c2c(C=C)c(C=C)c(C3=C(\C)Sc4cc(C)c(C)cc4C(=C)/C(C)=C\3C)c3ccccc23)c1C=C. The minimum Gasteiger partial charge on any atom is -0.0984 e. The highest BCUT2D eigenvalue weighted by Crippen LogP contribution is 2.50. The largest absolute Gasteiger partial charge is 0.0984 e. The summed E-state index contributed by atoms with van der Waals surface area (Å²) in [5.74, 6) is 0. The summed E-state index contributed by atoms with van der Waals surface area (Å²) in [4.78, 5) is 2.48. The van der Waals surface area contributed by atoms with Gasteiger partial charge in [-0.3, -0.25) is 0 Å². The van der Waals surface area contributed by atoms with Crippen LogP contribution in [0.2, 0.25) is 0 Å². The number of hydrogen-bond acceptors (Lipinski definition) is 1. The van der Waals surface area contributed by atoms with Crippen molar-refractivity contribution >= 4 is 58.0 Å². The topological polar surface area (TPSA) is 0 Å². The van der Waals surface area contributed by atoms with Crippen molar-refractivity contribution in [2.24, 2.45) is 0 Å². The summed E-state index contributed by atoms with van der Waals surface area (Å²) in [6, 6.07) is 28.2. The van der Waals surface area contributed by atoms with Crippen molar-refractivity contribution in [2.75, 3.05) is 0 Å². The summed E-state index contributed by atoms with van der Waals surface area (Å²) in [6.07, 6.45) is 7.91. The number of thioether (sulfide) groups is 1. The monoisotopic (exact) mass is 638 g/mol. The lowest BCUT2D eigenvalue weighted by molar-refractivity contribution is 1.24. The second-order valence-electron chi connectivity index (χ2n) is 12.5. The van der Waals surface area contributed by atoms with Crippen molar-refractivity contribution in [1.29, 1.82) is 0 Å². The van der Waals surface area contributed by atoms with Crippen LogP contribution in [0.1, 0.15) is 65.3 Å². The molecule has 0 fully saturated rings. The third kappa shape index (κ3) is 5.29. The van der Waals surface area contributed by atoms with Crippen LogP contribution in [-0.4, -0.2) is 0 Å². The predicted octanol–water partition coefficient (Wildman–Crippen LogP) is 14.2. The molecule has 6 rings (SSSR count). The lowest BCUT2D eigenvalue weighted by atomic mass is 9.79. The van der Waals surface area contributed by atoms with E-state index in [1.807, 2.05) is 42.1 Å². The lowest BCUT2D eigenvalue weighted by Gasteiger charge is -2.27. The van der Waals surface area contributed by atoms with Crippen LogP contribution in [0.15, 0.2) is 133 Å². The van der Waals surface area contributed by atoms with Gasteiger partial charge in [-0.15, -0.1) is 0 Å². The van der Waals surface area contributed by atoms with Crippen LogP contribution in [0.3, 0.4) is 0 Å².